The van der Waals surface area contributed by atoms with E-state index in [1.165, 1.54) is 0 Å². The van der Waals surface area contributed by atoms with Crippen molar-refractivity contribution in [1.82, 2.24) is 9.97 Å². The monoisotopic (exact) mass is 432 g/mol. The molecular weight excluding hydrogens is 404 g/mol. The summed E-state index contributed by atoms with van der Waals surface area (Å²) in [6.45, 7) is 10.7. The molecule has 2 N–H and O–H groups in total. The number of nitrogen functional groups attached to an aromatic ring is 1. The Hall–Kier alpha value is -3.48. The molecule has 0 amide bonds. The minimum absolute atomic E-state index is 0.268. The van der Waals surface area contributed by atoms with Gasteiger partial charge in [0.25, 0.3) is 0 Å². The zero-order valence-electron chi connectivity index (χ0n) is 18.9. The van der Waals surface area contributed by atoms with E-state index < -0.39 is 0 Å². The highest BCUT2D eigenvalue weighted by molar-refractivity contribution is 5.71. The third kappa shape index (κ3) is 3.57. The van der Waals surface area contributed by atoms with Crippen LogP contribution in [0.1, 0.15) is 42.1 Å². The van der Waals surface area contributed by atoms with Gasteiger partial charge in [-0.05, 0) is 60.7 Å². The summed E-state index contributed by atoms with van der Waals surface area (Å²) in [6, 6.07) is 10.4. The highest BCUT2D eigenvalue weighted by Crippen LogP contribution is 2.39. The fourth-order valence-corrected chi connectivity index (χ4v) is 4.64. The summed E-state index contributed by atoms with van der Waals surface area (Å²) in [4.78, 5) is 11.3. The number of nitrogens with two attached hydrogens (primary N) is 1. The number of aryl methyl sites for hydroxylation is 2. The SMILES string of the molecule is Cc1cc(-c2ccc3c(c2)OCO3)cc2c1OCCN(c1nc(N)nc(C)c1C(C)C)C2. The predicted molar refractivity (Wildman–Crippen MR) is 125 cm³/mol. The van der Waals surface area contributed by atoms with Gasteiger partial charge in [-0.2, -0.15) is 4.98 Å². The molecule has 2 aliphatic heterocycles. The second-order valence-corrected chi connectivity index (χ2v) is 8.68. The Bertz CT molecular complexity index is 1190. The Morgan fingerprint density at radius 1 is 0.969 bits per heavy atom. The lowest BCUT2D eigenvalue weighted by Gasteiger charge is -2.26. The van der Waals surface area contributed by atoms with Gasteiger partial charge in [0.05, 0.1) is 6.54 Å². The van der Waals surface area contributed by atoms with Crippen LogP contribution in [-0.2, 0) is 6.54 Å². The molecule has 0 fully saturated rings. The number of aromatic nitrogens is 2. The molecule has 1 aromatic heterocycles. The Balaban J connectivity index is 1.56. The van der Waals surface area contributed by atoms with Crippen molar-refractivity contribution in [3.63, 3.8) is 0 Å². The number of rotatable bonds is 3. The van der Waals surface area contributed by atoms with E-state index in [1.807, 2.05) is 19.1 Å². The van der Waals surface area contributed by atoms with E-state index in [9.17, 15) is 0 Å². The lowest BCUT2D eigenvalue weighted by atomic mass is 9.98. The summed E-state index contributed by atoms with van der Waals surface area (Å²) in [5.41, 5.74) is 12.5. The van der Waals surface area contributed by atoms with Crippen LogP contribution in [0.15, 0.2) is 30.3 Å². The molecule has 0 saturated carbocycles. The van der Waals surface area contributed by atoms with Crippen molar-refractivity contribution in [3.05, 3.63) is 52.7 Å². The minimum Gasteiger partial charge on any atom is -0.491 e. The number of anilines is 2. The van der Waals surface area contributed by atoms with E-state index in [2.05, 4.69) is 53.8 Å². The molecule has 0 radical (unpaired) electrons. The van der Waals surface area contributed by atoms with Crippen molar-refractivity contribution >= 4 is 11.8 Å². The summed E-state index contributed by atoms with van der Waals surface area (Å²) >= 11 is 0. The van der Waals surface area contributed by atoms with Crippen LogP contribution >= 0.6 is 0 Å². The summed E-state index contributed by atoms with van der Waals surface area (Å²) in [7, 11) is 0. The van der Waals surface area contributed by atoms with Crippen LogP contribution < -0.4 is 24.8 Å². The van der Waals surface area contributed by atoms with E-state index in [0.717, 1.165) is 63.1 Å². The van der Waals surface area contributed by atoms with Crippen LogP contribution in [0.25, 0.3) is 11.1 Å². The van der Waals surface area contributed by atoms with Gasteiger partial charge in [0.2, 0.25) is 12.7 Å². The van der Waals surface area contributed by atoms with Crippen molar-refractivity contribution in [2.24, 2.45) is 0 Å². The average molecular weight is 433 g/mol. The molecule has 2 aliphatic rings. The standard InChI is InChI=1S/C25H28N4O3/c1-14(2)22-16(4)27-25(26)28-24(22)29-7-8-30-23-15(3)9-18(10-19(23)12-29)17-5-6-20-21(11-17)32-13-31-20/h5-6,9-11,14H,7-8,12-13H2,1-4H3,(H2,26,27,28). The zero-order chi connectivity index (χ0) is 22.4. The first-order valence-corrected chi connectivity index (χ1v) is 11.0. The van der Waals surface area contributed by atoms with Crippen molar-refractivity contribution in [1.29, 1.82) is 0 Å². The number of benzene rings is 2. The molecule has 0 unspecified atom stereocenters. The zero-order valence-corrected chi connectivity index (χ0v) is 18.9. The van der Waals surface area contributed by atoms with Crippen LogP contribution in [0.5, 0.6) is 17.2 Å². The first-order chi connectivity index (χ1) is 15.4. The van der Waals surface area contributed by atoms with Gasteiger partial charge < -0.3 is 24.8 Å². The third-order valence-corrected chi connectivity index (χ3v) is 6.04. The second kappa shape index (κ2) is 7.89. The minimum atomic E-state index is 0.268. The average Bonchev–Trinajstić information content (AvgIpc) is 3.10. The highest BCUT2D eigenvalue weighted by Gasteiger charge is 2.24. The second-order valence-electron chi connectivity index (χ2n) is 8.68. The number of fused-ring (bicyclic) bond motifs is 2. The first-order valence-electron chi connectivity index (χ1n) is 11.0. The molecule has 5 rings (SSSR count). The lowest BCUT2D eigenvalue weighted by Crippen LogP contribution is -2.28. The van der Waals surface area contributed by atoms with E-state index in [-0.39, 0.29) is 12.7 Å². The van der Waals surface area contributed by atoms with Crippen LogP contribution in [0.2, 0.25) is 0 Å². The molecule has 0 spiro atoms. The molecule has 7 nitrogen and oxygen atoms in total. The van der Waals surface area contributed by atoms with Gasteiger partial charge >= 0.3 is 0 Å². The van der Waals surface area contributed by atoms with Gasteiger partial charge in [0, 0.05) is 23.4 Å². The van der Waals surface area contributed by atoms with E-state index >= 15 is 0 Å². The molecule has 2 aromatic carbocycles. The van der Waals surface area contributed by atoms with Gasteiger partial charge in [-0.15, -0.1) is 0 Å². The van der Waals surface area contributed by atoms with Gasteiger partial charge in [-0.25, -0.2) is 4.98 Å². The topological polar surface area (TPSA) is 82.7 Å². The molecule has 3 heterocycles. The van der Waals surface area contributed by atoms with Crippen molar-refractivity contribution < 1.29 is 14.2 Å². The van der Waals surface area contributed by atoms with Gasteiger partial charge in [0.1, 0.15) is 18.2 Å². The molecule has 0 atom stereocenters. The smallest absolute Gasteiger partial charge is 0.231 e. The van der Waals surface area contributed by atoms with Crippen molar-refractivity contribution in [2.75, 3.05) is 30.6 Å². The van der Waals surface area contributed by atoms with Crippen molar-refractivity contribution in [3.8, 4) is 28.4 Å². The molecular formula is C25H28N4O3. The van der Waals surface area contributed by atoms with Gasteiger partial charge in [-0.3, -0.25) is 0 Å². The van der Waals surface area contributed by atoms with E-state index in [1.54, 1.807) is 0 Å². The van der Waals surface area contributed by atoms with E-state index in [4.69, 9.17) is 19.9 Å². The maximum atomic E-state index is 6.20. The number of nitrogens with zero attached hydrogens (tertiary/aromatic N) is 3. The number of ether oxygens (including phenoxy) is 3. The fourth-order valence-electron chi connectivity index (χ4n) is 4.64. The molecule has 32 heavy (non-hydrogen) atoms. The van der Waals surface area contributed by atoms with Crippen LogP contribution in [0.4, 0.5) is 11.8 Å². The maximum absolute atomic E-state index is 6.20. The van der Waals surface area contributed by atoms with Crippen LogP contribution in [-0.4, -0.2) is 29.9 Å². The largest absolute Gasteiger partial charge is 0.491 e. The Kier molecular flexibility index (Phi) is 5.04. The summed E-state index contributed by atoms with van der Waals surface area (Å²) in [5.74, 6) is 4.00. The fraction of sp³-hybridized carbons (Fsp3) is 0.360. The number of hydrogen-bond acceptors (Lipinski definition) is 7. The Labute approximate surface area is 188 Å². The molecule has 0 bridgehead atoms. The molecule has 0 saturated heterocycles. The Morgan fingerprint density at radius 2 is 1.78 bits per heavy atom. The van der Waals surface area contributed by atoms with Crippen LogP contribution in [0.3, 0.4) is 0 Å². The quantitative estimate of drug-likeness (QED) is 0.648. The number of hydrogen-bond donors (Lipinski definition) is 1. The lowest BCUT2D eigenvalue weighted by molar-refractivity contribution is 0.174. The maximum Gasteiger partial charge on any atom is 0.231 e. The molecule has 3 aromatic rings. The van der Waals surface area contributed by atoms with E-state index in [0.29, 0.717) is 19.1 Å². The normalized spacial score (nSPS) is 14.8. The van der Waals surface area contributed by atoms with Crippen molar-refractivity contribution in [2.45, 2.75) is 40.2 Å². The molecule has 7 heteroatoms. The third-order valence-electron chi connectivity index (χ3n) is 6.04. The predicted octanol–water partition coefficient (Wildman–Crippen LogP) is 4.59. The van der Waals surface area contributed by atoms with Gasteiger partial charge in [0.15, 0.2) is 11.5 Å². The first kappa shape index (κ1) is 20.4. The molecule has 0 aliphatic carbocycles. The summed E-state index contributed by atoms with van der Waals surface area (Å²) < 4.78 is 17.2. The van der Waals surface area contributed by atoms with Gasteiger partial charge in [-0.1, -0.05) is 19.9 Å². The van der Waals surface area contributed by atoms with Crippen LogP contribution in [0, 0.1) is 13.8 Å². The Morgan fingerprint density at radius 3 is 2.59 bits per heavy atom. The highest BCUT2D eigenvalue weighted by atomic mass is 16.7. The summed E-state index contributed by atoms with van der Waals surface area (Å²) in [6.07, 6.45) is 0. The summed E-state index contributed by atoms with van der Waals surface area (Å²) in [5, 5.41) is 0. The molecule has 166 valence electrons.